The number of amides is 1. The van der Waals surface area contributed by atoms with Crippen molar-refractivity contribution in [1.82, 2.24) is 5.32 Å². The molecule has 5 heteroatoms. The van der Waals surface area contributed by atoms with Crippen molar-refractivity contribution in [2.45, 2.75) is 19.3 Å². The Morgan fingerprint density at radius 1 is 1.39 bits per heavy atom. The van der Waals surface area contributed by atoms with Crippen LogP contribution >= 0.6 is 0 Å². The first kappa shape index (κ1) is 14.4. The summed E-state index contributed by atoms with van der Waals surface area (Å²) < 4.78 is 18.1. The van der Waals surface area contributed by atoms with E-state index in [1.807, 2.05) is 0 Å². The Hall–Kier alpha value is -1.62. The first-order chi connectivity index (χ1) is 8.65. The molecule has 1 aromatic carbocycles. The molecule has 0 aromatic heterocycles. The van der Waals surface area contributed by atoms with E-state index in [0.717, 1.165) is 31.9 Å². The fourth-order valence-electron chi connectivity index (χ4n) is 1.52. The van der Waals surface area contributed by atoms with Crippen molar-refractivity contribution in [3.8, 4) is 0 Å². The minimum atomic E-state index is -0.567. The largest absolute Gasteiger partial charge is 0.396 e. The zero-order chi connectivity index (χ0) is 13.4. The molecular weight excluding hydrogens is 235 g/mol. The average molecular weight is 254 g/mol. The Balaban J connectivity index is 2.30. The number of nitrogens with one attached hydrogen (secondary N) is 1. The molecule has 0 aliphatic carbocycles. The van der Waals surface area contributed by atoms with Crippen molar-refractivity contribution in [3.05, 3.63) is 29.6 Å². The van der Waals surface area contributed by atoms with Gasteiger partial charge in [-0.05, 0) is 37.5 Å². The molecule has 0 saturated heterocycles. The summed E-state index contributed by atoms with van der Waals surface area (Å²) in [5.74, 6) is -0.844. The zero-order valence-corrected chi connectivity index (χ0v) is 10.5. The number of unbranched alkanes of at least 4 members (excludes halogenated alkanes) is 2. The number of rotatable bonds is 7. The van der Waals surface area contributed by atoms with Gasteiger partial charge >= 0.3 is 0 Å². The molecule has 18 heavy (non-hydrogen) atoms. The third kappa shape index (κ3) is 4.71. The summed E-state index contributed by atoms with van der Waals surface area (Å²) in [5.41, 5.74) is 5.68. The minimum Gasteiger partial charge on any atom is -0.396 e. The normalized spacial score (nSPS) is 10.3. The number of hydrogen-bond acceptors (Lipinski definition) is 3. The highest BCUT2D eigenvalue weighted by Gasteiger charge is 2.07. The number of nitrogens with two attached hydrogens (primary N) is 1. The van der Waals surface area contributed by atoms with Crippen molar-refractivity contribution in [2.24, 2.45) is 0 Å². The molecule has 4 nitrogen and oxygen atoms in total. The minimum absolute atomic E-state index is 0.0473. The van der Waals surface area contributed by atoms with E-state index in [1.54, 1.807) is 7.11 Å². The quantitative estimate of drug-likeness (QED) is 0.577. The van der Waals surface area contributed by atoms with E-state index in [9.17, 15) is 9.18 Å². The van der Waals surface area contributed by atoms with Gasteiger partial charge in [0.05, 0.1) is 5.69 Å². The van der Waals surface area contributed by atoms with E-state index in [0.29, 0.717) is 12.1 Å². The van der Waals surface area contributed by atoms with Crippen LogP contribution in [0.3, 0.4) is 0 Å². The van der Waals surface area contributed by atoms with E-state index in [1.165, 1.54) is 12.1 Å². The number of ether oxygens (including phenoxy) is 1. The van der Waals surface area contributed by atoms with E-state index in [2.05, 4.69) is 5.32 Å². The van der Waals surface area contributed by atoms with Crippen molar-refractivity contribution in [1.29, 1.82) is 0 Å². The van der Waals surface area contributed by atoms with Crippen molar-refractivity contribution in [3.63, 3.8) is 0 Å². The molecule has 1 aromatic rings. The SMILES string of the molecule is COCCCCCNC(=O)c1ccc(N)c(F)c1. The van der Waals surface area contributed by atoms with Gasteiger partial charge in [0.15, 0.2) is 0 Å². The second kappa shape index (κ2) is 7.66. The molecule has 1 rings (SSSR count). The van der Waals surface area contributed by atoms with Crippen LogP contribution in [0, 0.1) is 5.82 Å². The average Bonchev–Trinajstić information content (AvgIpc) is 2.36. The topological polar surface area (TPSA) is 64.3 Å². The summed E-state index contributed by atoms with van der Waals surface area (Å²) in [6.07, 6.45) is 2.85. The van der Waals surface area contributed by atoms with Crippen LogP contribution in [0.15, 0.2) is 18.2 Å². The molecular formula is C13H19FN2O2. The number of methoxy groups -OCH3 is 1. The van der Waals surface area contributed by atoms with Crippen LogP contribution in [0.4, 0.5) is 10.1 Å². The van der Waals surface area contributed by atoms with Crippen LogP contribution in [-0.4, -0.2) is 26.2 Å². The Morgan fingerprint density at radius 2 is 2.17 bits per heavy atom. The lowest BCUT2D eigenvalue weighted by Crippen LogP contribution is -2.24. The Morgan fingerprint density at radius 3 is 2.83 bits per heavy atom. The predicted molar refractivity (Wildman–Crippen MR) is 68.9 cm³/mol. The second-order valence-corrected chi connectivity index (χ2v) is 4.05. The van der Waals surface area contributed by atoms with Gasteiger partial charge in [0.1, 0.15) is 5.82 Å². The first-order valence-corrected chi connectivity index (χ1v) is 5.97. The number of anilines is 1. The summed E-state index contributed by atoms with van der Waals surface area (Å²) >= 11 is 0. The highest BCUT2D eigenvalue weighted by atomic mass is 19.1. The molecule has 0 spiro atoms. The zero-order valence-electron chi connectivity index (χ0n) is 10.5. The predicted octanol–water partition coefficient (Wildman–Crippen LogP) is 1.95. The van der Waals surface area contributed by atoms with Gasteiger partial charge in [0, 0.05) is 25.8 Å². The summed E-state index contributed by atoms with van der Waals surface area (Å²) in [4.78, 5) is 11.7. The van der Waals surface area contributed by atoms with Crippen LogP contribution < -0.4 is 11.1 Å². The van der Waals surface area contributed by atoms with Crippen LogP contribution in [0.5, 0.6) is 0 Å². The lowest BCUT2D eigenvalue weighted by Gasteiger charge is -2.06. The molecule has 0 unspecified atom stereocenters. The summed E-state index contributed by atoms with van der Waals surface area (Å²) in [6.45, 7) is 1.31. The molecule has 100 valence electrons. The molecule has 3 N–H and O–H groups in total. The molecule has 0 bridgehead atoms. The lowest BCUT2D eigenvalue weighted by atomic mass is 10.2. The summed E-state index contributed by atoms with van der Waals surface area (Å²) in [6, 6.07) is 4.05. The van der Waals surface area contributed by atoms with Gasteiger partial charge in [-0.3, -0.25) is 4.79 Å². The van der Waals surface area contributed by atoms with Gasteiger partial charge in [-0.15, -0.1) is 0 Å². The van der Waals surface area contributed by atoms with Crippen molar-refractivity contribution >= 4 is 11.6 Å². The number of carbonyl (C=O) groups is 1. The highest BCUT2D eigenvalue weighted by molar-refractivity contribution is 5.94. The van der Waals surface area contributed by atoms with Crippen LogP contribution in [-0.2, 0) is 4.74 Å². The van der Waals surface area contributed by atoms with Gasteiger partial charge in [-0.1, -0.05) is 0 Å². The molecule has 0 fully saturated rings. The van der Waals surface area contributed by atoms with E-state index in [4.69, 9.17) is 10.5 Å². The number of hydrogen-bond donors (Lipinski definition) is 2. The molecule has 0 saturated carbocycles. The monoisotopic (exact) mass is 254 g/mol. The van der Waals surface area contributed by atoms with E-state index in [-0.39, 0.29) is 11.6 Å². The Kier molecular flexibility index (Phi) is 6.14. The summed E-state index contributed by atoms with van der Waals surface area (Å²) in [7, 11) is 1.66. The van der Waals surface area contributed by atoms with E-state index < -0.39 is 5.82 Å². The van der Waals surface area contributed by atoms with E-state index >= 15 is 0 Å². The second-order valence-electron chi connectivity index (χ2n) is 4.05. The molecule has 0 atom stereocenters. The van der Waals surface area contributed by atoms with Crippen molar-refractivity contribution < 1.29 is 13.9 Å². The highest BCUT2D eigenvalue weighted by Crippen LogP contribution is 2.11. The Labute approximate surface area is 106 Å². The van der Waals surface area contributed by atoms with Gasteiger partial charge < -0.3 is 15.8 Å². The maximum Gasteiger partial charge on any atom is 0.251 e. The van der Waals surface area contributed by atoms with Gasteiger partial charge in [0.25, 0.3) is 5.91 Å². The van der Waals surface area contributed by atoms with Crippen molar-refractivity contribution in [2.75, 3.05) is 26.0 Å². The van der Waals surface area contributed by atoms with Gasteiger partial charge in [-0.2, -0.15) is 0 Å². The maximum atomic E-state index is 13.1. The standard InChI is InChI=1S/C13H19FN2O2/c1-18-8-4-2-3-7-16-13(17)10-5-6-12(15)11(14)9-10/h5-6,9H,2-4,7-8,15H2,1H3,(H,16,17). The third-order valence-corrected chi connectivity index (χ3v) is 2.57. The summed E-state index contributed by atoms with van der Waals surface area (Å²) in [5, 5.41) is 2.74. The fraction of sp³-hybridized carbons (Fsp3) is 0.462. The van der Waals surface area contributed by atoms with Crippen LogP contribution in [0.2, 0.25) is 0 Å². The number of carbonyl (C=O) groups excluding carboxylic acids is 1. The van der Waals surface area contributed by atoms with Gasteiger partial charge in [-0.25, -0.2) is 4.39 Å². The Bertz CT molecular complexity index is 397. The van der Waals surface area contributed by atoms with Crippen LogP contribution in [0.1, 0.15) is 29.6 Å². The number of benzene rings is 1. The maximum absolute atomic E-state index is 13.1. The first-order valence-electron chi connectivity index (χ1n) is 5.97. The molecule has 0 aliphatic heterocycles. The molecule has 0 aliphatic rings. The third-order valence-electron chi connectivity index (χ3n) is 2.57. The molecule has 0 heterocycles. The molecule has 0 radical (unpaired) electrons. The fourth-order valence-corrected chi connectivity index (χ4v) is 1.52. The number of halogens is 1. The van der Waals surface area contributed by atoms with Gasteiger partial charge in [0.2, 0.25) is 0 Å². The van der Waals surface area contributed by atoms with Crippen LogP contribution in [0.25, 0.3) is 0 Å². The number of nitrogen functional groups attached to an aromatic ring is 1. The smallest absolute Gasteiger partial charge is 0.251 e. The molecule has 1 amide bonds. The lowest BCUT2D eigenvalue weighted by molar-refractivity contribution is 0.0952.